The van der Waals surface area contributed by atoms with Crippen LogP contribution >= 0.6 is 0 Å². The molecule has 1 saturated heterocycles. The molecule has 0 saturated carbocycles. The minimum atomic E-state index is 0.0455. The Morgan fingerprint density at radius 3 is 2.84 bits per heavy atom. The smallest absolute Gasteiger partial charge is 0.151 e. The third-order valence-corrected chi connectivity index (χ3v) is 3.86. The summed E-state index contributed by atoms with van der Waals surface area (Å²) in [5.74, 6) is 0.347. The lowest BCUT2D eigenvalue weighted by Gasteiger charge is -2.26. The molecular formula is C14H24N4O. The molecule has 5 heteroatoms. The Labute approximate surface area is 115 Å². The van der Waals surface area contributed by atoms with Crippen LogP contribution in [0.4, 0.5) is 0 Å². The average molecular weight is 264 g/mol. The predicted octanol–water partition coefficient (Wildman–Crippen LogP) is 0.558. The maximum atomic E-state index is 12.4. The van der Waals surface area contributed by atoms with Gasteiger partial charge in [0, 0.05) is 26.2 Å². The van der Waals surface area contributed by atoms with E-state index in [0.717, 1.165) is 38.0 Å². The quantitative estimate of drug-likeness (QED) is 0.797. The number of carbonyl (C=O) groups is 1. The Bertz CT molecular complexity index is 429. The predicted molar refractivity (Wildman–Crippen MR) is 75.1 cm³/mol. The van der Waals surface area contributed by atoms with Crippen molar-refractivity contribution in [3.8, 4) is 0 Å². The maximum Gasteiger partial charge on any atom is 0.151 e. The highest BCUT2D eigenvalue weighted by Crippen LogP contribution is 2.11. The highest BCUT2D eigenvalue weighted by Gasteiger charge is 2.26. The van der Waals surface area contributed by atoms with Crippen molar-refractivity contribution in [2.24, 2.45) is 7.05 Å². The lowest BCUT2D eigenvalue weighted by atomic mass is 10.0. The highest BCUT2D eigenvalue weighted by molar-refractivity contribution is 5.84. The van der Waals surface area contributed by atoms with E-state index in [2.05, 4.69) is 29.0 Å². The van der Waals surface area contributed by atoms with Crippen molar-refractivity contribution >= 4 is 5.78 Å². The Morgan fingerprint density at radius 2 is 2.16 bits per heavy atom. The summed E-state index contributed by atoms with van der Waals surface area (Å²) < 4.78 is 1.78. The zero-order chi connectivity index (χ0) is 13.8. The largest absolute Gasteiger partial charge is 0.304 e. The van der Waals surface area contributed by atoms with Gasteiger partial charge in [-0.3, -0.25) is 14.4 Å². The Balaban J connectivity index is 1.90. The molecule has 2 rings (SSSR count). The molecule has 1 aromatic heterocycles. The van der Waals surface area contributed by atoms with E-state index in [1.807, 2.05) is 19.4 Å². The number of aromatic nitrogens is 2. The van der Waals surface area contributed by atoms with Crippen LogP contribution in [0.5, 0.6) is 0 Å². The van der Waals surface area contributed by atoms with Crippen LogP contribution in [-0.4, -0.2) is 65.1 Å². The molecule has 0 amide bonds. The number of nitrogens with zero attached hydrogens (tertiary/aromatic N) is 4. The zero-order valence-corrected chi connectivity index (χ0v) is 12.2. The Kier molecular flexibility index (Phi) is 4.71. The molecule has 0 spiro atoms. The second-order valence-corrected chi connectivity index (χ2v) is 5.60. The van der Waals surface area contributed by atoms with Crippen LogP contribution in [0.1, 0.15) is 18.4 Å². The first-order valence-corrected chi connectivity index (χ1v) is 6.95. The standard InChI is InChI=1S/C14H24N4O/c1-16-7-4-8-17(2)13(11-16)14(19)6-5-12-9-15-18(3)10-12/h9-10,13H,4-8,11H2,1-3H3. The Hall–Kier alpha value is -1.20. The molecule has 2 heterocycles. The van der Waals surface area contributed by atoms with Gasteiger partial charge in [-0.1, -0.05) is 0 Å². The van der Waals surface area contributed by atoms with E-state index in [9.17, 15) is 4.79 Å². The third-order valence-electron chi connectivity index (χ3n) is 3.86. The molecule has 1 aliphatic heterocycles. The summed E-state index contributed by atoms with van der Waals surface area (Å²) in [6, 6.07) is 0.0455. The van der Waals surface area contributed by atoms with Gasteiger partial charge in [0.25, 0.3) is 0 Å². The van der Waals surface area contributed by atoms with E-state index in [1.54, 1.807) is 4.68 Å². The molecule has 0 bridgehead atoms. The number of carbonyl (C=O) groups excluding carboxylic acids is 1. The number of ketones is 1. The molecule has 0 aromatic carbocycles. The summed E-state index contributed by atoms with van der Waals surface area (Å²) in [5.41, 5.74) is 1.14. The fraction of sp³-hybridized carbons (Fsp3) is 0.714. The molecular weight excluding hydrogens is 240 g/mol. The van der Waals surface area contributed by atoms with Crippen molar-refractivity contribution in [1.29, 1.82) is 0 Å². The van der Waals surface area contributed by atoms with Crippen molar-refractivity contribution < 1.29 is 4.79 Å². The third kappa shape index (κ3) is 3.88. The van der Waals surface area contributed by atoms with Crippen molar-refractivity contribution in [2.45, 2.75) is 25.3 Å². The summed E-state index contributed by atoms with van der Waals surface area (Å²) in [6.07, 6.45) is 6.36. The molecule has 1 aromatic rings. The monoisotopic (exact) mass is 264 g/mol. The summed E-state index contributed by atoms with van der Waals surface area (Å²) in [7, 11) is 6.06. The maximum absolute atomic E-state index is 12.4. The number of Topliss-reactive ketones (excluding diaryl/α,β-unsaturated/α-hetero) is 1. The molecule has 5 nitrogen and oxygen atoms in total. The van der Waals surface area contributed by atoms with Crippen molar-refractivity contribution in [2.75, 3.05) is 33.7 Å². The van der Waals surface area contributed by atoms with Crippen molar-refractivity contribution in [3.63, 3.8) is 0 Å². The zero-order valence-electron chi connectivity index (χ0n) is 12.2. The summed E-state index contributed by atoms with van der Waals surface area (Å²) in [5, 5.41) is 4.14. The van der Waals surface area contributed by atoms with Crippen LogP contribution in [0.2, 0.25) is 0 Å². The lowest BCUT2D eigenvalue weighted by Crippen LogP contribution is -2.43. The van der Waals surface area contributed by atoms with E-state index in [1.165, 1.54) is 0 Å². The first kappa shape index (κ1) is 14.2. The van der Waals surface area contributed by atoms with Crippen LogP contribution in [0.3, 0.4) is 0 Å². The fourth-order valence-corrected chi connectivity index (χ4v) is 2.65. The molecule has 0 radical (unpaired) electrons. The van der Waals surface area contributed by atoms with Crippen LogP contribution in [-0.2, 0) is 18.3 Å². The summed E-state index contributed by atoms with van der Waals surface area (Å²) in [6.45, 7) is 2.94. The van der Waals surface area contributed by atoms with Gasteiger partial charge in [-0.15, -0.1) is 0 Å². The lowest BCUT2D eigenvalue weighted by molar-refractivity contribution is -0.124. The van der Waals surface area contributed by atoms with Gasteiger partial charge in [-0.05, 0) is 45.6 Å². The number of hydrogen-bond acceptors (Lipinski definition) is 4. The van der Waals surface area contributed by atoms with Crippen LogP contribution in [0, 0.1) is 0 Å². The van der Waals surface area contributed by atoms with E-state index in [0.29, 0.717) is 12.2 Å². The SMILES string of the molecule is CN1CCCN(C)C(C(=O)CCc2cnn(C)c2)C1. The molecule has 1 aliphatic rings. The average Bonchev–Trinajstić information content (AvgIpc) is 2.70. The van der Waals surface area contributed by atoms with Crippen molar-refractivity contribution in [1.82, 2.24) is 19.6 Å². The fourth-order valence-electron chi connectivity index (χ4n) is 2.65. The van der Waals surface area contributed by atoms with E-state index in [4.69, 9.17) is 0 Å². The first-order chi connectivity index (χ1) is 9.06. The second kappa shape index (κ2) is 6.30. The minimum Gasteiger partial charge on any atom is -0.304 e. The van der Waals surface area contributed by atoms with Crippen LogP contribution in [0.25, 0.3) is 0 Å². The molecule has 0 N–H and O–H groups in total. The van der Waals surface area contributed by atoms with Gasteiger partial charge in [-0.25, -0.2) is 0 Å². The van der Waals surface area contributed by atoms with E-state index < -0.39 is 0 Å². The van der Waals surface area contributed by atoms with Crippen LogP contribution < -0.4 is 0 Å². The second-order valence-electron chi connectivity index (χ2n) is 5.60. The topological polar surface area (TPSA) is 41.4 Å². The van der Waals surface area contributed by atoms with Gasteiger partial charge in [0.1, 0.15) is 0 Å². The summed E-state index contributed by atoms with van der Waals surface area (Å²) in [4.78, 5) is 16.9. The highest BCUT2D eigenvalue weighted by atomic mass is 16.1. The van der Waals surface area contributed by atoms with Gasteiger partial charge in [0.05, 0.1) is 12.2 Å². The molecule has 1 unspecified atom stereocenters. The molecule has 1 atom stereocenters. The Morgan fingerprint density at radius 1 is 1.37 bits per heavy atom. The molecule has 1 fully saturated rings. The van der Waals surface area contributed by atoms with Gasteiger partial charge in [0.2, 0.25) is 0 Å². The van der Waals surface area contributed by atoms with Gasteiger partial charge in [-0.2, -0.15) is 5.10 Å². The first-order valence-electron chi connectivity index (χ1n) is 6.95. The summed E-state index contributed by atoms with van der Waals surface area (Å²) >= 11 is 0. The minimum absolute atomic E-state index is 0.0455. The number of likely N-dealkylation sites (N-methyl/N-ethyl adjacent to an activating group) is 2. The number of aryl methyl sites for hydroxylation is 2. The van der Waals surface area contributed by atoms with Crippen molar-refractivity contribution in [3.05, 3.63) is 18.0 Å². The van der Waals surface area contributed by atoms with E-state index >= 15 is 0 Å². The van der Waals surface area contributed by atoms with Crippen LogP contribution in [0.15, 0.2) is 12.4 Å². The van der Waals surface area contributed by atoms with Gasteiger partial charge < -0.3 is 4.90 Å². The molecule has 19 heavy (non-hydrogen) atoms. The molecule has 106 valence electrons. The number of rotatable bonds is 4. The van der Waals surface area contributed by atoms with Gasteiger partial charge >= 0.3 is 0 Å². The molecule has 0 aliphatic carbocycles. The number of hydrogen-bond donors (Lipinski definition) is 0. The van der Waals surface area contributed by atoms with E-state index in [-0.39, 0.29) is 6.04 Å². The van der Waals surface area contributed by atoms with Gasteiger partial charge in [0.15, 0.2) is 5.78 Å². The normalized spacial score (nSPS) is 22.4.